The first-order chi connectivity index (χ1) is 13.1. The van der Waals surface area contributed by atoms with Gasteiger partial charge in [-0.05, 0) is 42.7 Å². The van der Waals surface area contributed by atoms with E-state index in [4.69, 9.17) is 11.6 Å². The number of benzene rings is 2. The number of nitrogens with zero attached hydrogens (tertiary/aromatic N) is 2. The molecule has 138 valence electrons. The Labute approximate surface area is 166 Å². The molecule has 4 rings (SSSR count). The van der Waals surface area contributed by atoms with Gasteiger partial charge in [0.1, 0.15) is 0 Å². The largest absolute Gasteiger partial charge is 0.354 e. The van der Waals surface area contributed by atoms with Gasteiger partial charge in [0.05, 0.1) is 5.75 Å². The number of hydrogen-bond acceptors (Lipinski definition) is 4. The topological polar surface area (TPSA) is 70.7 Å². The van der Waals surface area contributed by atoms with Gasteiger partial charge in [0, 0.05) is 22.5 Å². The average molecular weight is 399 g/mol. The second-order valence-corrected chi connectivity index (χ2v) is 8.06. The van der Waals surface area contributed by atoms with Crippen LogP contribution in [-0.4, -0.2) is 33.4 Å². The standard InChI is InChI=1S/C20H19ClN4OS/c21-16-8-6-14(7-9-16)18-23-19(25-24-18)27-12-17(26)22-13-20(10-11-20)15-4-2-1-3-5-15/h1-9H,10-13H2,(H,22,26)(H,23,24,25). The molecule has 1 fully saturated rings. The smallest absolute Gasteiger partial charge is 0.230 e. The van der Waals surface area contributed by atoms with E-state index in [1.807, 2.05) is 18.2 Å². The molecule has 1 aliphatic carbocycles. The molecule has 0 bridgehead atoms. The van der Waals surface area contributed by atoms with Gasteiger partial charge in [-0.25, -0.2) is 4.98 Å². The van der Waals surface area contributed by atoms with Crippen LogP contribution in [0.1, 0.15) is 18.4 Å². The Balaban J connectivity index is 1.28. The van der Waals surface area contributed by atoms with Crippen molar-refractivity contribution in [1.29, 1.82) is 0 Å². The number of rotatable bonds is 7. The van der Waals surface area contributed by atoms with Crippen LogP contribution >= 0.6 is 23.4 Å². The minimum absolute atomic E-state index is 0.0000454. The maximum Gasteiger partial charge on any atom is 0.230 e. The van der Waals surface area contributed by atoms with E-state index < -0.39 is 0 Å². The number of thioether (sulfide) groups is 1. The zero-order valence-electron chi connectivity index (χ0n) is 14.6. The van der Waals surface area contributed by atoms with Crippen LogP contribution in [0.5, 0.6) is 0 Å². The van der Waals surface area contributed by atoms with Gasteiger partial charge in [-0.15, -0.1) is 5.10 Å². The summed E-state index contributed by atoms with van der Waals surface area (Å²) in [6, 6.07) is 17.8. The molecule has 1 amide bonds. The molecule has 0 atom stereocenters. The fourth-order valence-corrected chi connectivity index (χ4v) is 3.76. The maximum atomic E-state index is 12.2. The highest BCUT2D eigenvalue weighted by molar-refractivity contribution is 7.99. The molecule has 1 aliphatic rings. The molecule has 0 radical (unpaired) electrons. The van der Waals surface area contributed by atoms with Crippen molar-refractivity contribution in [3.8, 4) is 11.4 Å². The Morgan fingerprint density at radius 2 is 1.89 bits per heavy atom. The summed E-state index contributed by atoms with van der Waals surface area (Å²) in [6.45, 7) is 0.681. The van der Waals surface area contributed by atoms with Crippen LogP contribution in [0, 0.1) is 0 Å². The van der Waals surface area contributed by atoms with Gasteiger partial charge in [0.15, 0.2) is 5.82 Å². The number of hydrogen-bond donors (Lipinski definition) is 2. The summed E-state index contributed by atoms with van der Waals surface area (Å²) < 4.78 is 0. The lowest BCUT2D eigenvalue weighted by Crippen LogP contribution is -2.33. The summed E-state index contributed by atoms with van der Waals surface area (Å²) in [5.74, 6) is 0.957. The van der Waals surface area contributed by atoms with E-state index in [0.29, 0.717) is 28.3 Å². The van der Waals surface area contributed by atoms with Gasteiger partial charge < -0.3 is 5.32 Å². The molecule has 1 saturated carbocycles. The molecular weight excluding hydrogens is 380 g/mol. The molecule has 7 heteroatoms. The van der Waals surface area contributed by atoms with Crippen molar-refractivity contribution in [3.63, 3.8) is 0 Å². The minimum Gasteiger partial charge on any atom is -0.354 e. The van der Waals surface area contributed by atoms with Gasteiger partial charge in [0.25, 0.3) is 0 Å². The number of carbonyl (C=O) groups is 1. The first-order valence-corrected chi connectivity index (χ1v) is 10.1. The molecule has 27 heavy (non-hydrogen) atoms. The highest BCUT2D eigenvalue weighted by Crippen LogP contribution is 2.47. The lowest BCUT2D eigenvalue weighted by atomic mass is 9.96. The van der Waals surface area contributed by atoms with Crippen LogP contribution in [0.4, 0.5) is 0 Å². The van der Waals surface area contributed by atoms with Crippen molar-refractivity contribution in [2.24, 2.45) is 0 Å². The summed E-state index contributed by atoms with van der Waals surface area (Å²) in [5.41, 5.74) is 2.33. The van der Waals surface area contributed by atoms with Crippen LogP contribution in [0.25, 0.3) is 11.4 Å². The van der Waals surface area contributed by atoms with Crippen molar-refractivity contribution in [2.75, 3.05) is 12.3 Å². The summed E-state index contributed by atoms with van der Waals surface area (Å²) in [4.78, 5) is 16.6. The Kier molecular flexibility index (Phi) is 5.18. The number of amides is 1. The predicted molar refractivity (Wildman–Crippen MR) is 108 cm³/mol. The average Bonchev–Trinajstić information content (AvgIpc) is 3.35. The van der Waals surface area contributed by atoms with E-state index >= 15 is 0 Å². The van der Waals surface area contributed by atoms with Crippen LogP contribution in [-0.2, 0) is 10.2 Å². The quantitative estimate of drug-likeness (QED) is 0.588. The molecule has 3 aromatic rings. The van der Waals surface area contributed by atoms with E-state index in [1.165, 1.54) is 17.3 Å². The Morgan fingerprint density at radius 1 is 1.15 bits per heavy atom. The van der Waals surface area contributed by atoms with E-state index in [9.17, 15) is 4.79 Å². The third-order valence-electron chi connectivity index (χ3n) is 4.78. The lowest BCUT2D eigenvalue weighted by molar-refractivity contribution is -0.118. The SMILES string of the molecule is O=C(CSc1n[nH]c(-c2ccc(Cl)cc2)n1)NCC1(c2ccccc2)CC1. The first kappa shape index (κ1) is 18.1. The van der Waals surface area contributed by atoms with Gasteiger partial charge in [-0.2, -0.15) is 0 Å². The molecule has 0 saturated heterocycles. The highest BCUT2D eigenvalue weighted by Gasteiger charge is 2.44. The van der Waals surface area contributed by atoms with Crippen molar-refractivity contribution in [1.82, 2.24) is 20.5 Å². The summed E-state index contributed by atoms with van der Waals surface area (Å²) >= 11 is 7.22. The first-order valence-electron chi connectivity index (χ1n) is 8.78. The van der Waals surface area contributed by atoms with Gasteiger partial charge >= 0.3 is 0 Å². The number of halogens is 1. The molecule has 0 unspecified atom stereocenters. The molecule has 0 spiro atoms. The van der Waals surface area contributed by atoms with E-state index in [0.717, 1.165) is 18.4 Å². The normalized spacial score (nSPS) is 14.7. The molecule has 0 aliphatic heterocycles. The summed E-state index contributed by atoms with van der Waals surface area (Å²) in [6.07, 6.45) is 2.24. The molecule has 1 heterocycles. The van der Waals surface area contributed by atoms with Crippen LogP contribution in [0.15, 0.2) is 59.8 Å². The molecular formula is C20H19ClN4OS. The summed E-state index contributed by atoms with van der Waals surface area (Å²) in [5, 5.41) is 11.4. The fraction of sp³-hybridized carbons (Fsp3) is 0.250. The van der Waals surface area contributed by atoms with Crippen molar-refractivity contribution in [3.05, 3.63) is 65.2 Å². The van der Waals surface area contributed by atoms with Crippen LogP contribution in [0.2, 0.25) is 5.02 Å². The maximum absolute atomic E-state index is 12.2. The van der Waals surface area contributed by atoms with E-state index in [1.54, 1.807) is 12.1 Å². The minimum atomic E-state index is 0.0000454. The number of nitrogens with one attached hydrogen (secondary N) is 2. The zero-order valence-corrected chi connectivity index (χ0v) is 16.2. The molecule has 2 aromatic carbocycles. The van der Waals surface area contributed by atoms with E-state index in [-0.39, 0.29) is 11.3 Å². The van der Waals surface area contributed by atoms with Crippen LogP contribution in [0.3, 0.4) is 0 Å². The lowest BCUT2D eigenvalue weighted by Gasteiger charge is -2.16. The number of H-pyrrole nitrogens is 1. The summed E-state index contributed by atoms with van der Waals surface area (Å²) in [7, 11) is 0. The fourth-order valence-electron chi connectivity index (χ4n) is 3.01. The van der Waals surface area contributed by atoms with E-state index in [2.05, 4.69) is 44.8 Å². The monoisotopic (exact) mass is 398 g/mol. The third-order valence-corrected chi connectivity index (χ3v) is 5.88. The van der Waals surface area contributed by atoms with Gasteiger partial charge in [-0.1, -0.05) is 53.7 Å². The number of aromatic amines is 1. The predicted octanol–water partition coefficient (Wildman–Crippen LogP) is 4.07. The molecule has 1 aromatic heterocycles. The molecule has 5 nitrogen and oxygen atoms in total. The Hall–Kier alpha value is -2.31. The van der Waals surface area contributed by atoms with Gasteiger partial charge in [-0.3, -0.25) is 9.89 Å². The van der Waals surface area contributed by atoms with Crippen molar-refractivity contribution < 1.29 is 4.79 Å². The van der Waals surface area contributed by atoms with Gasteiger partial charge in [0.2, 0.25) is 11.1 Å². The second-order valence-electron chi connectivity index (χ2n) is 6.69. The third kappa shape index (κ3) is 4.34. The number of aromatic nitrogens is 3. The van der Waals surface area contributed by atoms with Crippen molar-refractivity contribution in [2.45, 2.75) is 23.4 Å². The highest BCUT2D eigenvalue weighted by atomic mass is 35.5. The Morgan fingerprint density at radius 3 is 2.59 bits per heavy atom. The van der Waals surface area contributed by atoms with Crippen LogP contribution < -0.4 is 5.32 Å². The molecule has 2 N–H and O–H groups in total. The zero-order chi connectivity index (χ0) is 18.7. The Bertz CT molecular complexity index is 923. The number of carbonyl (C=O) groups excluding carboxylic acids is 1. The second kappa shape index (κ2) is 7.74. The van der Waals surface area contributed by atoms with Crippen molar-refractivity contribution >= 4 is 29.3 Å².